The topological polar surface area (TPSA) is 73.2 Å². The van der Waals surface area contributed by atoms with Gasteiger partial charge in [0.2, 0.25) is 5.91 Å². The molecule has 0 saturated heterocycles. The van der Waals surface area contributed by atoms with E-state index in [1.165, 1.54) is 23.1 Å². The molecule has 0 bridgehead atoms. The van der Waals surface area contributed by atoms with Gasteiger partial charge in [-0.3, -0.25) is 14.2 Å². The molecule has 2 aromatic carbocycles. The lowest BCUT2D eigenvalue weighted by atomic mass is 10.1. The number of carbonyl (C=O) groups is 1. The van der Waals surface area contributed by atoms with Gasteiger partial charge in [0, 0.05) is 5.69 Å². The van der Waals surface area contributed by atoms with E-state index in [-0.39, 0.29) is 17.2 Å². The number of rotatable bonds is 8. The molecule has 0 spiro atoms. The van der Waals surface area contributed by atoms with Gasteiger partial charge in [0.15, 0.2) is 5.16 Å². The summed E-state index contributed by atoms with van der Waals surface area (Å²) in [6, 6.07) is 17.2. The van der Waals surface area contributed by atoms with Crippen molar-refractivity contribution in [1.29, 1.82) is 0 Å². The van der Waals surface area contributed by atoms with E-state index in [0.717, 1.165) is 29.0 Å². The van der Waals surface area contributed by atoms with Crippen LogP contribution in [0.4, 0.5) is 5.69 Å². The van der Waals surface area contributed by atoms with Crippen molar-refractivity contribution in [1.82, 2.24) is 9.55 Å². The predicted octanol–water partition coefficient (Wildman–Crippen LogP) is 4.81. The zero-order valence-corrected chi connectivity index (χ0v) is 19.5. The molecular weight excluding hydrogens is 442 g/mol. The van der Waals surface area contributed by atoms with Gasteiger partial charge in [0.05, 0.1) is 24.9 Å². The second kappa shape index (κ2) is 10.0. The standard InChI is InChI=1S/C24H23N3O3S2/c1-3-17-8-4-5-10-19(17)25-21(28)15-32-24-26-20-11-12-31-22(20)23(29)27(24)14-16-7-6-9-18(13-16)30-2/h4-13H,3,14-15H2,1-2H3,(H,25,28). The average Bonchev–Trinajstić information content (AvgIpc) is 3.29. The highest BCUT2D eigenvalue weighted by molar-refractivity contribution is 7.99. The Morgan fingerprint density at radius 2 is 2.03 bits per heavy atom. The number of hydrogen-bond acceptors (Lipinski definition) is 6. The van der Waals surface area contributed by atoms with Gasteiger partial charge in [-0.05, 0) is 47.2 Å². The van der Waals surface area contributed by atoms with Gasteiger partial charge >= 0.3 is 0 Å². The lowest BCUT2D eigenvalue weighted by molar-refractivity contribution is -0.113. The lowest BCUT2D eigenvalue weighted by Crippen LogP contribution is -2.24. The first-order valence-corrected chi connectivity index (χ1v) is 12.1. The molecule has 32 heavy (non-hydrogen) atoms. The van der Waals surface area contributed by atoms with Crippen LogP contribution in [0.3, 0.4) is 0 Å². The first-order chi connectivity index (χ1) is 15.6. The van der Waals surface area contributed by atoms with Crippen molar-refractivity contribution in [3.8, 4) is 5.75 Å². The van der Waals surface area contributed by atoms with Crippen molar-refractivity contribution in [3.05, 3.63) is 81.5 Å². The van der Waals surface area contributed by atoms with E-state index in [9.17, 15) is 9.59 Å². The third kappa shape index (κ3) is 4.87. The quantitative estimate of drug-likeness (QED) is 0.299. The second-order valence-electron chi connectivity index (χ2n) is 7.12. The third-order valence-electron chi connectivity index (χ3n) is 5.01. The molecule has 0 fully saturated rings. The van der Waals surface area contributed by atoms with Crippen molar-refractivity contribution >= 4 is 44.9 Å². The average molecular weight is 466 g/mol. The molecule has 6 nitrogen and oxygen atoms in total. The number of para-hydroxylation sites is 1. The summed E-state index contributed by atoms with van der Waals surface area (Å²) in [6.45, 7) is 2.40. The Bertz CT molecular complexity index is 1310. The molecular formula is C24H23N3O3S2. The number of amides is 1. The van der Waals surface area contributed by atoms with E-state index in [1.54, 1.807) is 11.7 Å². The number of thiophene rings is 1. The molecule has 164 valence electrons. The number of aryl methyl sites for hydroxylation is 1. The smallest absolute Gasteiger partial charge is 0.272 e. The minimum Gasteiger partial charge on any atom is -0.497 e. The van der Waals surface area contributed by atoms with Crippen molar-refractivity contribution < 1.29 is 9.53 Å². The van der Waals surface area contributed by atoms with Crippen LogP contribution in [-0.2, 0) is 17.8 Å². The van der Waals surface area contributed by atoms with E-state index >= 15 is 0 Å². The van der Waals surface area contributed by atoms with Gasteiger partial charge in [-0.15, -0.1) is 11.3 Å². The molecule has 4 aromatic rings. The highest BCUT2D eigenvalue weighted by Gasteiger charge is 2.15. The number of ether oxygens (including phenoxy) is 1. The zero-order valence-electron chi connectivity index (χ0n) is 17.8. The molecule has 0 atom stereocenters. The Morgan fingerprint density at radius 1 is 1.19 bits per heavy atom. The number of carbonyl (C=O) groups excluding carboxylic acids is 1. The van der Waals surface area contributed by atoms with Crippen LogP contribution in [0.2, 0.25) is 0 Å². The van der Waals surface area contributed by atoms with Crippen molar-refractivity contribution in [3.63, 3.8) is 0 Å². The van der Waals surface area contributed by atoms with Gasteiger partial charge in [-0.1, -0.05) is 49.0 Å². The Morgan fingerprint density at radius 3 is 2.84 bits per heavy atom. The summed E-state index contributed by atoms with van der Waals surface area (Å²) < 4.78 is 7.55. The van der Waals surface area contributed by atoms with Crippen LogP contribution in [0.1, 0.15) is 18.1 Å². The van der Waals surface area contributed by atoms with Gasteiger partial charge in [-0.2, -0.15) is 0 Å². The maximum atomic E-state index is 13.2. The largest absolute Gasteiger partial charge is 0.497 e. The number of fused-ring (bicyclic) bond motifs is 1. The van der Waals surface area contributed by atoms with E-state index in [1.807, 2.05) is 60.0 Å². The fraction of sp³-hybridized carbons (Fsp3) is 0.208. The van der Waals surface area contributed by atoms with Crippen LogP contribution >= 0.6 is 23.1 Å². The number of methoxy groups -OCH3 is 1. The SMILES string of the molecule is CCc1ccccc1NC(=O)CSc1nc2ccsc2c(=O)n1Cc1cccc(OC)c1. The van der Waals surface area contributed by atoms with Gasteiger partial charge in [0.25, 0.3) is 5.56 Å². The number of aromatic nitrogens is 2. The number of nitrogens with zero attached hydrogens (tertiary/aromatic N) is 2. The van der Waals surface area contributed by atoms with E-state index in [0.29, 0.717) is 21.9 Å². The minimum absolute atomic E-state index is 0.105. The number of anilines is 1. The summed E-state index contributed by atoms with van der Waals surface area (Å²) in [5.74, 6) is 0.741. The Kier molecular flexibility index (Phi) is 6.92. The van der Waals surface area contributed by atoms with Gasteiger partial charge in [-0.25, -0.2) is 4.98 Å². The second-order valence-corrected chi connectivity index (χ2v) is 8.98. The van der Waals surface area contributed by atoms with E-state index < -0.39 is 0 Å². The molecule has 1 amide bonds. The highest BCUT2D eigenvalue weighted by Crippen LogP contribution is 2.23. The predicted molar refractivity (Wildman–Crippen MR) is 131 cm³/mol. The Labute approximate surface area is 194 Å². The lowest BCUT2D eigenvalue weighted by Gasteiger charge is -2.13. The summed E-state index contributed by atoms with van der Waals surface area (Å²) in [4.78, 5) is 30.5. The minimum atomic E-state index is -0.136. The normalized spacial score (nSPS) is 10.9. The molecule has 4 rings (SSSR count). The summed E-state index contributed by atoms with van der Waals surface area (Å²) in [6.07, 6.45) is 0.833. The van der Waals surface area contributed by atoms with Crippen LogP contribution in [0.25, 0.3) is 10.2 Å². The number of thioether (sulfide) groups is 1. The third-order valence-corrected chi connectivity index (χ3v) is 6.88. The number of hydrogen-bond donors (Lipinski definition) is 1. The summed E-state index contributed by atoms with van der Waals surface area (Å²) in [5, 5.41) is 5.35. The molecule has 0 saturated carbocycles. The number of benzene rings is 2. The van der Waals surface area contributed by atoms with Crippen molar-refractivity contribution in [2.75, 3.05) is 18.2 Å². The summed E-state index contributed by atoms with van der Waals surface area (Å²) in [5.41, 5.74) is 3.37. The van der Waals surface area contributed by atoms with Gasteiger partial charge in [0.1, 0.15) is 10.4 Å². The molecule has 8 heteroatoms. The maximum Gasteiger partial charge on any atom is 0.272 e. The fourth-order valence-corrected chi connectivity index (χ4v) is 4.97. The van der Waals surface area contributed by atoms with Gasteiger partial charge < -0.3 is 10.1 Å². The summed E-state index contributed by atoms with van der Waals surface area (Å²) >= 11 is 2.64. The highest BCUT2D eigenvalue weighted by atomic mass is 32.2. The molecule has 2 aromatic heterocycles. The zero-order chi connectivity index (χ0) is 22.5. The Balaban J connectivity index is 1.59. The molecule has 2 heterocycles. The van der Waals surface area contributed by atoms with Crippen LogP contribution in [0, 0.1) is 0 Å². The maximum absolute atomic E-state index is 13.2. The Hall–Kier alpha value is -3.10. The number of nitrogens with one attached hydrogen (secondary N) is 1. The van der Waals surface area contributed by atoms with E-state index in [4.69, 9.17) is 4.74 Å². The molecule has 0 unspecified atom stereocenters. The molecule has 0 aliphatic carbocycles. The summed E-state index contributed by atoms with van der Waals surface area (Å²) in [7, 11) is 1.61. The van der Waals surface area contributed by atoms with E-state index in [2.05, 4.69) is 17.2 Å². The first-order valence-electron chi connectivity index (χ1n) is 10.2. The molecule has 1 N–H and O–H groups in total. The molecule has 0 aliphatic heterocycles. The first kappa shape index (κ1) is 22.1. The van der Waals surface area contributed by atoms with Crippen LogP contribution in [0.15, 0.2) is 69.9 Å². The molecule has 0 radical (unpaired) electrons. The van der Waals surface area contributed by atoms with Crippen molar-refractivity contribution in [2.24, 2.45) is 0 Å². The van der Waals surface area contributed by atoms with Crippen LogP contribution < -0.4 is 15.6 Å². The van der Waals surface area contributed by atoms with Crippen molar-refractivity contribution in [2.45, 2.75) is 25.0 Å². The van der Waals surface area contributed by atoms with Crippen LogP contribution in [-0.4, -0.2) is 28.3 Å². The molecule has 0 aliphatic rings. The monoisotopic (exact) mass is 465 g/mol. The van der Waals surface area contributed by atoms with Crippen LogP contribution in [0.5, 0.6) is 5.75 Å². The fourth-order valence-electron chi connectivity index (χ4n) is 3.39.